The zero-order valence-corrected chi connectivity index (χ0v) is 10.1. The standard InChI is InChI=1S/C11H12BrNO2/c1-15-5-4-13-7-8-2-3-9(12)6-10(8)11(13)14/h2-3,6H,4-5,7H2,1H3. The van der Waals surface area contributed by atoms with Gasteiger partial charge in [-0.25, -0.2) is 0 Å². The summed E-state index contributed by atoms with van der Waals surface area (Å²) in [6.45, 7) is 1.94. The number of hydrogen-bond acceptors (Lipinski definition) is 2. The van der Waals surface area contributed by atoms with Crippen LogP contribution in [0, 0.1) is 0 Å². The molecule has 0 saturated heterocycles. The first-order chi connectivity index (χ1) is 7.22. The molecule has 2 rings (SSSR count). The van der Waals surface area contributed by atoms with Gasteiger partial charge in [0.25, 0.3) is 5.91 Å². The molecule has 1 aliphatic heterocycles. The largest absolute Gasteiger partial charge is 0.383 e. The predicted octanol–water partition coefficient (Wildman–Crippen LogP) is 2.05. The summed E-state index contributed by atoms with van der Waals surface area (Å²) in [5, 5.41) is 0. The van der Waals surface area contributed by atoms with E-state index in [1.54, 1.807) is 12.0 Å². The number of nitrogens with zero attached hydrogens (tertiary/aromatic N) is 1. The van der Waals surface area contributed by atoms with Gasteiger partial charge in [0.05, 0.1) is 6.61 Å². The average Bonchev–Trinajstić information content (AvgIpc) is 2.53. The zero-order valence-electron chi connectivity index (χ0n) is 8.50. The Kier molecular flexibility index (Phi) is 3.07. The Morgan fingerprint density at radius 1 is 1.53 bits per heavy atom. The maximum atomic E-state index is 11.9. The lowest BCUT2D eigenvalue weighted by Crippen LogP contribution is -2.27. The van der Waals surface area contributed by atoms with Crippen molar-refractivity contribution in [2.24, 2.45) is 0 Å². The van der Waals surface area contributed by atoms with E-state index in [4.69, 9.17) is 4.74 Å². The number of rotatable bonds is 3. The van der Waals surface area contributed by atoms with Crippen molar-refractivity contribution in [3.05, 3.63) is 33.8 Å². The molecule has 0 aromatic heterocycles. The van der Waals surface area contributed by atoms with E-state index in [0.717, 1.165) is 15.6 Å². The molecule has 1 amide bonds. The second kappa shape index (κ2) is 4.33. The van der Waals surface area contributed by atoms with Crippen molar-refractivity contribution in [1.29, 1.82) is 0 Å². The number of hydrogen-bond donors (Lipinski definition) is 0. The molecule has 0 N–H and O–H groups in total. The number of fused-ring (bicyclic) bond motifs is 1. The third-order valence-corrected chi connectivity index (χ3v) is 3.01. The second-order valence-corrected chi connectivity index (χ2v) is 4.44. The Balaban J connectivity index is 2.18. The van der Waals surface area contributed by atoms with Crippen molar-refractivity contribution in [1.82, 2.24) is 4.90 Å². The van der Waals surface area contributed by atoms with Gasteiger partial charge in [0.2, 0.25) is 0 Å². The molecule has 0 spiro atoms. The molecule has 1 aromatic carbocycles. The third kappa shape index (κ3) is 2.06. The fraction of sp³-hybridized carbons (Fsp3) is 0.364. The lowest BCUT2D eigenvalue weighted by atomic mass is 10.1. The van der Waals surface area contributed by atoms with Crippen LogP contribution in [-0.4, -0.2) is 31.1 Å². The molecule has 0 atom stereocenters. The molecule has 0 fully saturated rings. The molecule has 0 radical (unpaired) electrons. The van der Waals surface area contributed by atoms with Gasteiger partial charge in [-0.1, -0.05) is 22.0 Å². The van der Waals surface area contributed by atoms with Gasteiger partial charge in [0.15, 0.2) is 0 Å². The van der Waals surface area contributed by atoms with E-state index in [1.807, 2.05) is 18.2 Å². The number of benzene rings is 1. The smallest absolute Gasteiger partial charge is 0.254 e. The van der Waals surface area contributed by atoms with E-state index in [-0.39, 0.29) is 5.91 Å². The monoisotopic (exact) mass is 269 g/mol. The zero-order chi connectivity index (χ0) is 10.8. The fourth-order valence-electron chi connectivity index (χ4n) is 1.72. The van der Waals surface area contributed by atoms with Gasteiger partial charge >= 0.3 is 0 Å². The van der Waals surface area contributed by atoms with Gasteiger partial charge in [0, 0.05) is 30.2 Å². The lowest BCUT2D eigenvalue weighted by molar-refractivity contribution is 0.0719. The molecule has 15 heavy (non-hydrogen) atoms. The van der Waals surface area contributed by atoms with Crippen LogP contribution in [0.2, 0.25) is 0 Å². The van der Waals surface area contributed by atoms with Crippen molar-refractivity contribution < 1.29 is 9.53 Å². The number of carbonyl (C=O) groups is 1. The molecule has 4 heteroatoms. The Morgan fingerprint density at radius 2 is 2.33 bits per heavy atom. The highest BCUT2D eigenvalue weighted by Crippen LogP contribution is 2.25. The van der Waals surface area contributed by atoms with Crippen LogP contribution in [0.1, 0.15) is 15.9 Å². The molecule has 0 bridgehead atoms. The summed E-state index contributed by atoms with van der Waals surface area (Å²) < 4.78 is 5.92. The summed E-state index contributed by atoms with van der Waals surface area (Å²) in [7, 11) is 1.64. The van der Waals surface area contributed by atoms with E-state index in [9.17, 15) is 4.79 Å². The number of methoxy groups -OCH3 is 1. The van der Waals surface area contributed by atoms with Crippen molar-refractivity contribution in [3.63, 3.8) is 0 Å². The first-order valence-electron chi connectivity index (χ1n) is 4.79. The Bertz CT molecular complexity index is 392. The third-order valence-electron chi connectivity index (χ3n) is 2.52. The Morgan fingerprint density at radius 3 is 3.07 bits per heavy atom. The van der Waals surface area contributed by atoms with Crippen molar-refractivity contribution >= 4 is 21.8 Å². The van der Waals surface area contributed by atoms with Gasteiger partial charge in [-0.3, -0.25) is 4.79 Å². The highest BCUT2D eigenvalue weighted by atomic mass is 79.9. The van der Waals surface area contributed by atoms with Crippen molar-refractivity contribution in [2.75, 3.05) is 20.3 Å². The summed E-state index contributed by atoms with van der Waals surface area (Å²) in [5.41, 5.74) is 1.90. The van der Waals surface area contributed by atoms with E-state index in [0.29, 0.717) is 19.7 Å². The van der Waals surface area contributed by atoms with E-state index < -0.39 is 0 Å². The average molecular weight is 270 g/mol. The molecule has 0 aliphatic carbocycles. The molecular weight excluding hydrogens is 258 g/mol. The van der Waals surface area contributed by atoms with Crippen molar-refractivity contribution in [2.45, 2.75) is 6.54 Å². The highest BCUT2D eigenvalue weighted by molar-refractivity contribution is 9.10. The predicted molar refractivity (Wildman–Crippen MR) is 60.8 cm³/mol. The van der Waals surface area contributed by atoms with Crippen LogP contribution in [0.5, 0.6) is 0 Å². The first-order valence-corrected chi connectivity index (χ1v) is 5.58. The summed E-state index contributed by atoms with van der Waals surface area (Å²) >= 11 is 3.37. The van der Waals surface area contributed by atoms with Crippen LogP contribution < -0.4 is 0 Å². The SMILES string of the molecule is COCCN1Cc2ccc(Br)cc2C1=O. The van der Waals surface area contributed by atoms with E-state index in [1.165, 1.54) is 0 Å². The minimum absolute atomic E-state index is 0.100. The fourth-order valence-corrected chi connectivity index (χ4v) is 2.08. The summed E-state index contributed by atoms with van der Waals surface area (Å²) in [6, 6.07) is 5.83. The first kappa shape index (κ1) is 10.6. The number of halogens is 1. The molecule has 80 valence electrons. The highest BCUT2D eigenvalue weighted by Gasteiger charge is 2.26. The Hall–Kier alpha value is -0.870. The van der Waals surface area contributed by atoms with Crippen molar-refractivity contribution in [3.8, 4) is 0 Å². The van der Waals surface area contributed by atoms with Crippen LogP contribution in [0.3, 0.4) is 0 Å². The summed E-state index contributed by atoms with van der Waals surface area (Å²) in [6.07, 6.45) is 0. The van der Waals surface area contributed by atoms with Crippen LogP contribution in [0.25, 0.3) is 0 Å². The Labute approximate surface area is 97.2 Å². The van der Waals surface area contributed by atoms with Crippen LogP contribution in [-0.2, 0) is 11.3 Å². The maximum absolute atomic E-state index is 11.9. The minimum atomic E-state index is 0.100. The van der Waals surface area contributed by atoms with Crippen LogP contribution >= 0.6 is 15.9 Å². The second-order valence-electron chi connectivity index (χ2n) is 3.52. The van der Waals surface area contributed by atoms with E-state index in [2.05, 4.69) is 15.9 Å². The molecular formula is C11H12BrNO2. The maximum Gasteiger partial charge on any atom is 0.254 e. The van der Waals surface area contributed by atoms with Gasteiger partial charge in [-0.2, -0.15) is 0 Å². The lowest BCUT2D eigenvalue weighted by Gasteiger charge is -2.14. The molecule has 3 nitrogen and oxygen atoms in total. The van der Waals surface area contributed by atoms with Gasteiger partial charge in [-0.15, -0.1) is 0 Å². The normalized spacial score (nSPS) is 14.5. The van der Waals surface area contributed by atoms with Crippen LogP contribution in [0.15, 0.2) is 22.7 Å². The van der Waals surface area contributed by atoms with Gasteiger partial charge < -0.3 is 9.64 Å². The number of carbonyl (C=O) groups excluding carboxylic acids is 1. The van der Waals surface area contributed by atoms with Gasteiger partial charge in [-0.05, 0) is 17.7 Å². The summed E-state index contributed by atoms with van der Waals surface area (Å²) in [4.78, 5) is 13.7. The minimum Gasteiger partial charge on any atom is -0.383 e. The molecule has 1 aliphatic rings. The molecule has 0 unspecified atom stereocenters. The number of amides is 1. The number of ether oxygens (including phenoxy) is 1. The van der Waals surface area contributed by atoms with Crippen LogP contribution in [0.4, 0.5) is 0 Å². The molecule has 1 aromatic rings. The molecule has 0 saturated carbocycles. The summed E-state index contributed by atoms with van der Waals surface area (Å²) in [5.74, 6) is 0.100. The molecule has 1 heterocycles. The van der Waals surface area contributed by atoms with E-state index >= 15 is 0 Å². The topological polar surface area (TPSA) is 29.5 Å². The van der Waals surface area contributed by atoms with Gasteiger partial charge in [0.1, 0.15) is 0 Å². The quantitative estimate of drug-likeness (QED) is 0.841.